The van der Waals surface area contributed by atoms with Crippen LogP contribution >= 0.6 is 0 Å². The summed E-state index contributed by atoms with van der Waals surface area (Å²) in [5.41, 5.74) is 0. The molecule has 6 heteroatoms. The second kappa shape index (κ2) is 50.8. The Balaban J connectivity index is 4.34. The largest absolute Gasteiger partial charge is 0.462 e. The molecule has 1 unspecified atom stereocenters. The fraction of sp³-hybridized carbons (Fsp3) is 0.768. The topological polar surface area (TPSA) is 78.9 Å². The number of carbonyl (C=O) groups is 3. The van der Waals surface area contributed by atoms with E-state index in [9.17, 15) is 14.4 Å². The molecule has 0 rings (SSSR count). The molecule has 0 aliphatic heterocycles. The van der Waals surface area contributed by atoms with E-state index >= 15 is 0 Å². The monoisotopic (exact) mass is 867 g/mol. The number of allylic oxidation sites excluding steroid dienone is 10. The molecule has 0 bridgehead atoms. The second-order valence-corrected chi connectivity index (χ2v) is 17.4. The third-order valence-corrected chi connectivity index (χ3v) is 11.3. The van der Waals surface area contributed by atoms with Crippen LogP contribution in [-0.4, -0.2) is 37.2 Å². The smallest absolute Gasteiger partial charge is 0.306 e. The zero-order valence-corrected chi connectivity index (χ0v) is 40.9. The molecule has 0 aromatic rings. The Labute approximate surface area is 383 Å². The van der Waals surface area contributed by atoms with Gasteiger partial charge in [0.1, 0.15) is 13.2 Å². The minimum Gasteiger partial charge on any atom is -0.462 e. The van der Waals surface area contributed by atoms with Crippen LogP contribution in [0.1, 0.15) is 258 Å². The molecule has 0 aromatic carbocycles. The van der Waals surface area contributed by atoms with Gasteiger partial charge < -0.3 is 14.2 Å². The van der Waals surface area contributed by atoms with Crippen LogP contribution in [0, 0.1) is 0 Å². The second-order valence-electron chi connectivity index (χ2n) is 17.4. The molecule has 0 fully saturated rings. The molecule has 62 heavy (non-hydrogen) atoms. The Hall–Kier alpha value is -2.89. The van der Waals surface area contributed by atoms with Crippen LogP contribution in [0.5, 0.6) is 0 Å². The Bertz CT molecular complexity index is 1130. The molecule has 0 N–H and O–H groups in total. The van der Waals surface area contributed by atoms with Crippen LogP contribution < -0.4 is 0 Å². The van der Waals surface area contributed by atoms with E-state index < -0.39 is 6.10 Å². The van der Waals surface area contributed by atoms with E-state index in [0.29, 0.717) is 19.3 Å². The van der Waals surface area contributed by atoms with Gasteiger partial charge in [0.15, 0.2) is 6.10 Å². The van der Waals surface area contributed by atoms with Gasteiger partial charge in [0.25, 0.3) is 0 Å². The van der Waals surface area contributed by atoms with Crippen molar-refractivity contribution in [1.29, 1.82) is 0 Å². The molecule has 6 nitrogen and oxygen atoms in total. The van der Waals surface area contributed by atoms with Crippen molar-refractivity contribution in [3.8, 4) is 0 Å². The van der Waals surface area contributed by atoms with Gasteiger partial charge in [-0.05, 0) is 64.2 Å². The molecule has 1 atom stereocenters. The van der Waals surface area contributed by atoms with Gasteiger partial charge in [-0.1, -0.05) is 236 Å². The van der Waals surface area contributed by atoms with Crippen molar-refractivity contribution in [3.63, 3.8) is 0 Å². The maximum Gasteiger partial charge on any atom is 0.306 e. The highest BCUT2D eigenvalue weighted by molar-refractivity contribution is 5.71. The number of rotatable bonds is 47. The standard InChI is InChI=1S/C56H98O6/c1-4-7-10-13-16-19-22-24-25-26-27-28-29-30-32-34-37-40-43-46-49-55(58)61-52-53(51-60-54(57)48-45-42-39-36-33-21-18-15-12-9-6-3)62-56(59)50-47-44-41-38-35-31-23-20-17-14-11-8-5-2/h8,11,15,17-18,20,31,35,41,44,53H,4-7,9-10,12-14,16,19,21-30,32-34,36-40,42-43,45-52H2,1-3H3/b11-8-,18-15-,20-17-,35-31-,44-41-. The average Bonchev–Trinajstić information content (AvgIpc) is 3.27. The zero-order chi connectivity index (χ0) is 45.1. The van der Waals surface area contributed by atoms with Crippen LogP contribution in [0.2, 0.25) is 0 Å². The maximum atomic E-state index is 12.7. The molecule has 0 saturated carbocycles. The summed E-state index contributed by atoms with van der Waals surface area (Å²) in [6.07, 6.45) is 62.3. The first-order chi connectivity index (χ1) is 30.5. The normalized spacial score (nSPS) is 12.5. The fourth-order valence-corrected chi connectivity index (χ4v) is 7.32. The average molecular weight is 867 g/mol. The molecule has 0 radical (unpaired) electrons. The minimum absolute atomic E-state index is 0.103. The quantitative estimate of drug-likeness (QED) is 0.0262. The van der Waals surface area contributed by atoms with Gasteiger partial charge in [0.2, 0.25) is 0 Å². The van der Waals surface area contributed by atoms with E-state index in [1.54, 1.807) is 0 Å². The van der Waals surface area contributed by atoms with Gasteiger partial charge in [-0.2, -0.15) is 0 Å². The predicted molar refractivity (Wildman–Crippen MR) is 265 cm³/mol. The summed E-state index contributed by atoms with van der Waals surface area (Å²) < 4.78 is 16.7. The summed E-state index contributed by atoms with van der Waals surface area (Å²) in [4.78, 5) is 37.9. The van der Waals surface area contributed by atoms with Crippen molar-refractivity contribution < 1.29 is 28.6 Å². The van der Waals surface area contributed by atoms with E-state index in [2.05, 4.69) is 69.4 Å². The van der Waals surface area contributed by atoms with Crippen molar-refractivity contribution in [1.82, 2.24) is 0 Å². The lowest BCUT2D eigenvalue weighted by Crippen LogP contribution is -2.30. The van der Waals surface area contributed by atoms with E-state index in [4.69, 9.17) is 14.2 Å². The van der Waals surface area contributed by atoms with Gasteiger partial charge in [0.05, 0.1) is 0 Å². The molecular weight excluding hydrogens is 769 g/mol. The van der Waals surface area contributed by atoms with Crippen LogP contribution in [0.15, 0.2) is 60.8 Å². The van der Waals surface area contributed by atoms with Crippen LogP contribution in [0.25, 0.3) is 0 Å². The van der Waals surface area contributed by atoms with Crippen LogP contribution in [-0.2, 0) is 28.6 Å². The van der Waals surface area contributed by atoms with Crippen LogP contribution in [0.4, 0.5) is 0 Å². The maximum absolute atomic E-state index is 12.7. The van der Waals surface area contributed by atoms with Crippen molar-refractivity contribution in [2.75, 3.05) is 13.2 Å². The Kier molecular flexibility index (Phi) is 48.4. The summed E-state index contributed by atoms with van der Waals surface area (Å²) in [7, 11) is 0. The molecule has 358 valence electrons. The summed E-state index contributed by atoms with van der Waals surface area (Å²) in [6.45, 7) is 6.43. The van der Waals surface area contributed by atoms with E-state index in [1.807, 2.05) is 12.2 Å². The Morgan fingerprint density at radius 2 is 0.677 bits per heavy atom. The molecule has 0 spiro atoms. The SMILES string of the molecule is CC/C=C\C/C=C\C/C=C\C/C=C\CCC(=O)OC(COC(=O)CCCCCCC/C=C\CCCC)COC(=O)CCCCCCCCCCCCCCCCCCCCCC. The lowest BCUT2D eigenvalue weighted by Gasteiger charge is -2.18. The van der Waals surface area contributed by atoms with Crippen molar-refractivity contribution in [2.45, 2.75) is 264 Å². The first-order valence-corrected chi connectivity index (χ1v) is 26.3. The van der Waals surface area contributed by atoms with Gasteiger partial charge in [-0.3, -0.25) is 14.4 Å². The number of unbranched alkanes of at least 4 members (excludes halogenated alkanes) is 26. The molecular formula is C56H98O6. The molecule has 0 amide bonds. The fourth-order valence-electron chi connectivity index (χ4n) is 7.32. The summed E-state index contributed by atoms with van der Waals surface area (Å²) >= 11 is 0. The van der Waals surface area contributed by atoms with E-state index in [1.165, 1.54) is 135 Å². The Morgan fingerprint density at radius 1 is 0.339 bits per heavy atom. The van der Waals surface area contributed by atoms with Gasteiger partial charge in [-0.15, -0.1) is 0 Å². The summed E-state index contributed by atoms with van der Waals surface area (Å²) in [5, 5.41) is 0. The Morgan fingerprint density at radius 3 is 1.10 bits per heavy atom. The van der Waals surface area contributed by atoms with Crippen molar-refractivity contribution in [3.05, 3.63) is 60.8 Å². The molecule has 0 aliphatic rings. The zero-order valence-electron chi connectivity index (χ0n) is 40.9. The van der Waals surface area contributed by atoms with Crippen LogP contribution in [0.3, 0.4) is 0 Å². The molecule has 0 aromatic heterocycles. The van der Waals surface area contributed by atoms with E-state index in [-0.39, 0.29) is 37.5 Å². The highest BCUT2D eigenvalue weighted by atomic mass is 16.6. The lowest BCUT2D eigenvalue weighted by molar-refractivity contribution is -0.166. The van der Waals surface area contributed by atoms with Gasteiger partial charge >= 0.3 is 17.9 Å². The van der Waals surface area contributed by atoms with Crippen molar-refractivity contribution in [2.24, 2.45) is 0 Å². The first kappa shape index (κ1) is 59.1. The highest BCUT2D eigenvalue weighted by Crippen LogP contribution is 2.16. The number of carbonyl (C=O) groups excluding carboxylic acids is 3. The van der Waals surface area contributed by atoms with Crippen molar-refractivity contribution >= 4 is 17.9 Å². The minimum atomic E-state index is -0.812. The molecule has 0 aliphatic carbocycles. The number of ether oxygens (including phenoxy) is 3. The number of hydrogen-bond acceptors (Lipinski definition) is 6. The lowest BCUT2D eigenvalue weighted by atomic mass is 10.0. The number of hydrogen-bond donors (Lipinski definition) is 0. The van der Waals surface area contributed by atoms with E-state index in [0.717, 1.165) is 77.0 Å². The van der Waals surface area contributed by atoms with Gasteiger partial charge in [0, 0.05) is 19.3 Å². The molecule has 0 heterocycles. The predicted octanol–water partition coefficient (Wildman–Crippen LogP) is 17.3. The van der Waals surface area contributed by atoms with Gasteiger partial charge in [-0.25, -0.2) is 0 Å². The molecule has 0 saturated heterocycles. The highest BCUT2D eigenvalue weighted by Gasteiger charge is 2.19. The summed E-state index contributed by atoms with van der Waals surface area (Å²) in [5.74, 6) is -0.990. The third-order valence-electron chi connectivity index (χ3n) is 11.3. The third kappa shape index (κ3) is 48.1. The summed E-state index contributed by atoms with van der Waals surface area (Å²) in [6, 6.07) is 0. The number of esters is 3. The first-order valence-electron chi connectivity index (χ1n) is 26.3.